The van der Waals surface area contributed by atoms with Gasteiger partial charge in [0.25, 0.3) is 5.91 Å². The SMILES string of the molecule is Cc1nn(Cn2ccc(C(=O)Nc3nn(Cc4ccc(Cl)cc4Cl)cc3Br)n2)c(C)c1Br. The molecule has 4 aromatic rings. The van der Waals surface area contributed by atoms with Crippen molar-refractivity contribution < 1.29 is 4.79 Å². The Bertz CT molecular complexity index is 1310. The lowest BCUT2D eigenvalue weighted by molar-refractivity contribution is 0.102. The first-order chi connectivity index (χ1) is 15.2. The van der Waals surface area contributed by atoms with Crippen molar-refractivity contribution in [2.24, 2.45) is 0 Å². The quantitative estimate of drug-likeness (QED) is 0.315. The summed E-state index contributed by atoms with van der Waals surface area (Å²) in [7, 11) is 0. The molecule has 0 fully saturated rings. The Morgan fingerprint density at radius 2 is 1.88 bits per heavy atom. The summed E-state index contributed by atoms with van der Waals surface area (Å²) in [5, 5.41) is 17.1. The molecular formula is C20H17Br2Cl2N7O. The molecule has 0 spiro atoms. The normalized spacial score (nSPS) is 11.2. The van der Waals surface area contributed by atoms with Crippen LogP contribution in [0.25, 0.3) is 0 Å². The number of hydrogen-bond donors (Lipinski definition) is 1. The second-order valence-electron chi connectivity index (χ2n) is 7.08. The van der Waals surface area contributed by atoms with Crippen LogP contribution in [0.5, 0.6) is 0 Å². The van der Waals surface area contributed by atoms with Crippen molar-refractivity contribution in [2.45, 2.75) is 27.1 Å². The maximum Gasteiger partial charge on any atom is 0.277 e. The largest absolute Gasteiger partial charge is 0.303 e. The van der Waals surface area contributed by atoms with E-state index in [0.717, 1.165) is 21.4 Å². The molecule has 32 heavy (non-hydrogen) atoms. The zero-order chi connectivity index (χ0) is 23.0. The lowest BCUT2D eigenvalue weighted by atomic mass is 10.2. The van der Waals surface area contributed by atoms with E-state index < -0.39 is 0 Å². The number of rotatable bonds is 6. The Labute approximate surface area is 210 Å². The summed E-state index contributed by atoms with van der Waals surface area (Å²) in [6, 6.07) is 6.94. The lowest BCUT2D eigenvalue weighted by Gasteiger charge is -2.05. The average molecular weight is 602 g/mol. The van der Waals surface area contributed by atoms with Crippen molar-refractivity contribution in [2.75, 3.05) is 5.32 Å². The van der Waals surface area contributed by atoms with Gasteiger partial charge in [0.15, 0.2) is 11.5 Å². The molecule has 0 aliphatic heterocycles. The number of benzene rings is 1. The zero-order valence-electron chi connectivity index (χ0n) is 17.0. The smallest absolute Gasteiger partial charge is 0.277 e. The Morgan fingerprint density at radius 1 is 1.09 bits per heavy atom. The van der Waals surface area contributed by atoms with E-state index >= 15 is 0 Å². The first-order valence-electron chi connectivity index (χ1n) is 9.42. The molecule has 0 aliphatic rings. The summed E-state index contributed by atoms with van der Waals surface area (Å²) < 4.78 is 6.74. The summed E-state index contributed by atoms with van der Waals surface area (Å²) in [5.74, 6) is 0.0193. The van der Waals surface area contributed by atoms with Crippen molar-refractivity contribution in [3.8, 4) is 0 Å². The summed E-state index contributed by atoms with van der Waals surface area (Å²) in [6.45, 7) is 4.71. The van der Waals surface area contributed by atoms with E-state index in [2.05, 4.69) is 52.5 Å². The maximum atomic E-state index is 12.7. The standard InChI is InChI=1S/C20H17Br2Cl2N7O/c1-11-18(22)12(2)31(26-11)10-29-6-5-17(27-29)20(32)25-19-15(21)9-30(28-19)8-13-3-4-14(23)7-16(13)24/h3-7,9H,8,10H2,1-2H3,(H,25,28,32). The molecule has 0 saturated carbocycles. The van der Waals surface area contributed by atoms with Gasteiger partial charge in [0.1, 0.15) is 6.67 Å². The van der Waals surface area contributed by atoms with Gasteiger partial charge in [0, 0.05) is 22.4 Å². The summed E-state index contributed by atoms with van der Waals surface area (Å²) in [5.41, 5.74) is 3.01. The second kappa shape index (κ2) is 9.38. The summed E-state index contributed by atoms with van der Waals surface area (Å²) in [6.07, 6.45) is 3.50. The molecule has 12 heteroatoms. The van der Waals surface area contributed by atoms with Crippen molar-refractivity contribution >= 4 is 66.8 Å². The monoisotopic (exact) mass is 599 g/mol. The third kappa shape index (κ3) is 4.93. The van der Waals surface area contributed by atoms with Crippen molar-refractivity contribution in [3.63, 3.8) is 0 Å². The van der Waals surface area contributed by atoms with Crippen LogP contribution in [0, 0.1) is 13.8 Å². The van der Waals surface area contributed by atoms with Gasteiger partial charge in [0.05, 0.1) is 26.9 Å². The van der Waals surface area contributed by atoms with Crippen LogP contribution in [0.1, 0.15) is 27.4 Å². The van der Waals surface area contributed by atoms with Crippen LogP contribution in [-0.4, -0.2) is 35.2 Å². The Hall–Kier alpha value is -2.14. The fraction of sp³-hybridized carbons (Fsp3) is 0.200. The molecule has 3 aromatic heterocycles. The average Bonchev–Trinajstić information content (AvgIpc) is 3.40. The molecule has 0 bridgehead atoms. The third-order valence-corrected chi connectivity index (χ3v) is 7.06. The van der Waals surface area contributed by atoms with Gasteiger partial charge in [-0.25, -0.2) is 4.68 Å². The topological polar surface area (TPSA) is 82.6 Å². The number of carbonyl (C=O) groups is 1. The number of halogens is 4. The predicted octanol–water partition coefficient (Wildman–Crippen LogP) is 5.53. The van der Waals surface area contributed by atoms with E-state index in [1.54, 1.807) is 40.0 Å². The number of aryl methyl sites for hydroxylation is 1. The fourth-order valence-electron chi connectivity index (χ4n) is 3.07. The molecule has 0 atom stereocenters. The molecule has 0 unspecified atom stereocenters. The molecule has 1 aromatic carbocycles. The molecule has 0 radical (unpaired) electrons. The minimum absolute atomic E-state index is 0.271. The van der Waals surface area contributed by atoms with Gasteiger partial charge in [0.2, 0.25) is 0 Å². The van der Waals surface area contributed by atoms with E-state index in [9.17, 15) is 4.79 Å². The minimum atomic E-state index is -0.367. The van der Waals surface area contributed by atoms with E-state index in [1.165, 1.54) is 0 Å². The van der Waals surface area contributed by atoms with Crippen molar-refractivity contribution in [3.05, 3.63) is 78.3 Å². The van der Waals surface area contributed by atoms with E-state index in [4.69, 9.17) is 23.2 Å². The van der Waals surface area contributed by atoms with Crippen LogP contribution < -0.4 is 5.32 Å². The Balaban J connectivity index is 1.44. The first-order valence-corrected chi connectivity index (χ1v) is 11.8. The van der Waals surface area contributed by atoms with Crippen LogP contribution in [0.4, 0.5) is 5.82 Å². The van der Waals surface area contributed by atoms with E-state index in [-0.39, 0.29) is 11.6 Å². The Kier molecular flexibility index (Phi) is 6.75. The molecule has 0 saturated heterocycles. The maximum absolute atomic E-state index is 12.7. The lowest BCUT2D eigenvalue weighted by Crippen LogP contribution is -2.16. The van der Waals surface area contributed by atoms with Gasteiger partial charge >= 0.3 is 0 Å². The molecular weight excluding hydrogens is 585 g/mol. The van der Waals surface area contributed by atoms with Gasteiger partial charge < -0.3 is 5.32 Å². The van der Waals surface area contributed by atoms with Crippen molar-refractivity contribution in [1.29, 1.82) is 0 Å². The third-order valence-electron chi connectivity index (χ3n) is 4.74. The highest BCUT2D eigenvalue weighted by Gasteiger charge is 2.16. The minimum Gasteiger partial charge on any atom is -0.303 e. The highest BCUT2D eigenvalue weighted by atomic mass is 79.9. The van der Waals surface area contributed by atoms with E-state index in [1.807, 2.05) is 24.6 Å². The second-order valence-corrected chi connectivity index (χ2v) is 9.57. The highest BCUT2D eigenvalue weighted by molar-refractivity contribution is 9.11. The fourth-order valence-corrected chi connectivity index (χ4v) is 4.24. The molecule has 1 N–H and O–H groups in total. The number of anilines is 1. The van der Waals surface area contributed by atoms with Crippen LogP contribution in [0.15, 0.2) is 45.6 Å². The molecule has 1 amide bonds. The summed E-state index contributed by atoms with van der Waals surface area (Å²) >= 11 is 19.1. The molecule has 166 valence electrons. The molecule has 8 nitrogen and oxygen atoms in total. The summed E-state index contributed by atoms with van der Waals surface area (Å²) in [4.78, 5) is 12.7. The number of amides is 1. The number of aromatic nitrogens is 6. The molecule has 0 aliphatic carbocycles. The van der Waals surface area contributed by atoms with Crippen LogP contribution >= 0.6 is 55.1 Å². The van der Waals surface area contributed by atoms with Gasteiger partial charge in [-0.3, -0.25) is 14.2 Å². The predicted molar refractivity (Wildman–Crippen MR) is 130 cm³/mol. The van der Waals surface area contributed by atoms with Crippen molar-refractivity contribution in [1.82, 2.24) is 29.3 Å². The van der Waals surface area contributed by atoms with Crippen LogP contribution in [0.2, 0.25) is 10.0 Å². The van der Waals surface area contributed by atoms with Gasteiger partial charge in [-0.05, 0) is 69.5 Å². The van der Waals surface area contributed by atoms with Gasteiger partial charge in [-0.1, -0.05) is 29.3 Å². The van der Waals surface area contributed by atoms with Crippen LogP contribution in [0.3, 0.4) is 0 Å². The zero-order valence-corrected chi connectivity index (χ0v) is 21.7. The van der Waals surface area contributed by atoms with Gasteiger partial charge in [-0.15, -0.1) is 0 Å². The number of carbonyl (C=O) groups excluding carboxylic acids is 1. The van der Waals surface area contributed by atoms with E-state index in [0.29, 0.717) is 33.5 Å². The molecule has 3 heterocycles. The molecule has 4 rings (SSSR count). The van der Waals surface area contributed by atoms with Gasteiger partial charge in [-0.2, -0.15) is 15.3 Å². The highest BCUT2D eigenvalue weighted by Crippen LogP contribution is 2.25. The van der Waals surface area contributed by atoms with Crippen LogP contribution in [-0.2, 0) is 13.2 Å². The Morgan fingerprint density at radius 3 is 2.56 bits per heavy atom. The number of nitrogens with one attached hydrogen (secondary N) is 1. The number of nitrogens with zero attached hydrogens (tertiary/aromatic N) is 6. The first kappa shape index (κ1) is 23.0. The number of hydrogen-bond acceptors (Lipinski definition) is 4.